The lowest BCUT2D eigenvalue weighted by molar-refractivity contribution is 0.462. The first-order valence-electron chi connectivity index (χ1n) is 21.3. The van der Waals surface area contributed by atoms with E-state index in [1.807, 2.05) is 115 Å². The number of aromatic hydroxyl groups is 1. The Bertz CT molecular complexity index is 3200. The number of rotatable bonds is 7. The second-order valence-electron chi connectivity index (χ2n) is 15.2. The molecule has 0 unspecified atom stereocenters. The van der Waals surface area contributed by atoms with Gasteiger partial charge < -0.3 is 14.6 Å². The second kappa shape index (κ2) is 21.5. The molecule has 5 heteroatoms. The van der Waals surface area contributed by atoms with Crippen molar-refractivity contribution in [3.63, 3.8) is 0 Å². The van der Waals surface area contributed by atoms with E-state index in [9.17, 15) is 5.11 Å². The molecule has 11 aromatic carbocycles. The molecule has 0 fully saturated rings. The molecule has 0 spiro atoms. The van der Waals surface area contributed by atoms with Gasteiger partial charge in [0.15, 0.2) is 0 Å². The van der Waals surface area contributed by atoms with Crippen LogP contribution in [0, 0.1) is 0 Å². The summed E-state index contributed by atoms with van der Waals surface area (Å²) in [6.45, 7) is 0. The molecule has 0 heterocycles. The van der Waals surface area contributed by atoms with Gasteiger partial charge in [-0.15, -0.1) is 0 Å². The van der Waals surface area contributed by atoms with Gasteiger partial charge in [-0.1, -0.05) is 233 Å². The summed E-state index contributed by atoms with van der Waals surface area (Å²) in [5.41, 5.74) is 6.33. The van der Waals surface area contributed by atoms with Crippen molar-refractivity contribution in [3.05, 3.63) is 258 Å². The Hall–Kier alpha value is -7.44. The number of hydrogen-bond acceptors (Lipinski definition) is 3. The van der Waals surface area contributed by atoms with Gasteiger partial charge in [0.05, 0.1) is 0 Å². The molecule has 0 bridgehead atoms. The molecule has 11 rings (SSSR count). The van der Waals surface area contributed by atoms with E-state index in [2.05, 4.69) is 159 Å². The quantitative estimate of drug-likeness (QED) is 0.173. The number of benzene rings is 11. The van der Waals surface area contributed by atoms with Crippen molar-refractivity contribution in [3.8, 4) is 62.1 Å². The van der Waals surface area contributed by atoms with Gasteiger partial charge in [-0.25, -0.2) is 0 Å². The minimum atomic E-state index is 0. The lowest BCUT2D eigenvalue weighted by Gasteiger charge is -2.17. The van der Waals surface area contributed by atoms with Crippen LogP contribution in [0.4, 0.5) is 0 Å². The summed E-state index contributed by atoms with van der Waals surface area (Å²) in [6.07, 6.45) is 0. The third-order valence-corrected chi connectivity index (χ3v) is 11.9. The molecule has 0 saturated carbocycles. The third-order valence-electron chi connectivity index (χ3n) is 10.9. The van der Waals surface area contributed by atoms with E-state index in [0.717, 1.165) is 75.4 Å². The number of ether oxygens (including phenoxy) is 2. The van der Waals surface area contributed by atoms with Gasteiger partial charge in [0.25, 0.3) is 0 Å². The Balaban J connectivity index is 0.000000186. The van der Waals surface area contributed by atoms with E-state index in [1.54, 1.807) is 6.07 Å². The van der Waals surface area contributed by atoms with Crippen LogP contribution in [-0.2, 0) is 0 Å². The maximum absolute atomic E-state index is 10.1. The Morgan fingerprint density at radius 3 is 1.06 bits per heavy atom. The molecule has 0 saturated heterocycles. The average molecular weight is 987 g/mol. The predicted octanol–water partition coefficient (Wildman–Crippen LogP) is 19.0. The van der Waals surface area contributed by atoms with E-state index in [1.165, 1.54) is 10.8 Å². The maximum Gasteiger partial charge on any atom is 0.135 e. The first kappa shape index (κ1) is 45.1. The molecule has 1 N–H and O–H groups in total. The second-order valence-corrected chi connectivity index (χ2v) is 17.0. The minimum Gasteiger partial charge on any atom is -0.507 e. The zero-order valence-corrected chi connectivity index (χ0v) is 38.4. The van der Waals surface area contributed by atoms with Crippen molar-refractivity contribution in [1.29, 1.82) is 0 Å². The molecule has 0 aromatic heterocycles. The van der Waals surface area contributed by atoms with Crippen molar-refractivity contribution >= 4 is 64.2 Å². The lowest BCUT2D eigenvalue weighted by atomic mass is 9.97. The van der Waals surface area contributed by atoms with Gasteiger partial charge >= 0.3 is 0 Å². The van der Waals surface area contributed by atoms with Gasteiger partial charge in [-0.05, 0) is 97.5 Å². The van der Waals surface area contributed by atoms with Crippen molar-refractivity contribution in [2.45, 2.75) is 7.43 Å². The van der Waals surface area contributed by atoms with Crippen LogP contribution in [0.1, 0.15) is 7.43 Å². The zero-order chi connectivity index (χ0) is 44.4. The lowest BCUT2D eigenvalue weighted by Crippen LogP contribution is -1.92. The predicted molar refractivity (Wildman–Crippen MR) is 285 cm³/mol. The van der Waals surface area contributed by atoms with Crippen LogP contribution < -0.4 is 9.47 Å². The van der Waals surface area contributed by atoms with Crippen LogP contribution in [-0.4, -0.2) is 5.11 Å². The van der Waals surface area contributed by atoms with Crippen molar-refractivity contribution in [1.82, 2.24) is 0 Å². The summed E-state index contributed by atoms with van der Waals surface area (Å²) in [7, 11) is 0. The number of phenols is 1. The van der Waals surface area contributed by atoms with E-state index >= 15 is 0 Å². The third kappa shape index (κ3) is 10.6. The van der Waals surface area contributed by atoms with Gasteiger partial charge in [-0.2, -0.15) is 0 Å². The highest BCUT2D eigenvalue weighted by Crippen LogP contribution is 2.42. The Labute approximate surface area is 403 Å². The molecule has 0 aliphatic heterocycles. The number of phenolic OH excluding ortho intramolecular Hbond substituents is 1. The maximum atomic E-state index is 10.1. The fraction of sp³-hybridized carbons (Fsp3) is 0.0164. The molecular weight excluding hydrogens is 940 g/mol. The highest BCUT2D eigenvalue weighted by atomic mass is 79.9. The van der Waals surface area contributed by atoms with Crippen LogP contribution in [0.5, 0.6) is 28.7 Å². The zero-order valence-electron chi connectivity index (χ0n) is 35.2. The Morgan fingerprint density at radius 1 is 0.303 bits per heavy atom. The molecular formula is C61H46Br2O3. The van der Waals surface area contributed by atoms with Crippen LogP contribution in [0.2, 0.25) is 0 Å². The van der Waals surface area contributed by atoms with Crippen molar-refractivity contribution < 1.29 is 14.6 Å². The molecule has 0 amide bonds. The number of hydrogen-bond donors (Lipinski definition) is 1. The standard InChI is InChI=1S/C38H26O2.C16H12O.C6H4Br2.CH4/c1-3-14-29(15-4-1)37-33-20-9-7-12-27(33)22-24-35(37)39-31-18-11-19-32(26-31)40-36-25-23-28-13-8-10-21-34(28)38(36)30-16-5-2-6-17-30;17-15-11-10-12-6-4-5-9-14(12)16(15)13-7-2-1-3-8-13;7-5-2-1-3-6(8)4-5;/h1-26H;1-11,17H;1-4H;1H4. The van der Waals surface area contributed by atoms with Crippen LogP contribution in [0.3, 0.4) is 0 Å². The summed E-state index contributed by atoms with van der Waals surface area (Å²) >= 11 is 6.66. The van der Waals surface area contributed by atoms with Crippen molar-refractivity contribution in [2.24, 2.45) is 0 Å². The topological polar surface area (TPSA) is 38.7 Å². The average Bonchev–Trinajstić information content (AvgIpc) is 3.35. The van der Waals surface area contributed by atoms with Crippen molar-refractivity contribution in [2.75, 3.05) is 0 Å². The normalized spacial score (nSPS) is 10.5. The van der Waals surface area contributed by atoms with E-state index in [4.69, 9.17) is 9.47 Å². The summed E-state index contributed by atoms with van der Waals surface area (Å²) in [5.74, 6) is 3.37. The fourth-order valence-corrected chi connectivity index (χ4v) is 9.07. The van der Waals surface area contributed by atoms with Crippen LogP contribution in [0.15, 0.2) is 258 Å². The molecule has 11 aromatic rings. The van der Waals surface area contributed by atoms with Gasteiger partial charge in [0.2, 0.25) is 0 Å². The smallest absolute Gasteiger partial charge is 0.135 e. The first-order valence-corrected chi connectivity index (χ1v) is 22.8. The highest BCUT2D eigenvalue weighted by Gasteiger charge is 2.15. The van der Waals surface area contributed by atoms with Gasteiger partial charge in [0, 0.05) is 31.7 Å². The van der Waals surface area contributed by atoms with Gasteiger partial charge in [-0.3, -0.25) is 0 Å². The van der Waals surface area contributed by atoms with E-state index in [-0.39, 0.29) is 7.43 Å². The summed E-state index contributed by atoms with van der Waals surface area (Å²) in [4.78, 5) is 0. The summed E-state index contributed by atoms with van der Waals surface area (Å²) in [6, 6.07) is 83.5. The summed E-state index contributed by atoms with van der Waals surface area (Å²) in [5, 5.41) is 16.9. The first-order chi connectivity index (χ1) is 32.0. The largest absolute Gasteiger partial charge is 0.507 e. The molecule has 66 heavy (non-hydrogen) atoms. The van der Waals surface area contributed by atoms with E-state index < -0.39 is 0 Å². The Kier molecular flexibility index (Phi) is 14.7. The minimum absolute atomic E-state index is 0. The monoisotopic (exact) mass is 984 g/mol. The molecule has 3 nitrogen and oxygen atoms in total. The van der Waals surface area contributed by atoms with Crippen LogP contribution in [0.25, 0.3) is 65.7 Å². The Morgan fingerprint density at radius 2 is 0.652 bits per heavy atom. The van der Waals surface area contributed by atoms with Crippen LogP contribution >= 0.6 is 31.9 Å². The summed E-state index contributed by atoms with van der Waals surface area (Å²) < 4.78 is 15.3. The molecule has 0 aliphatic rings. The van der Waals surface area contributed by atoms with E-state index in [0.29, 0.717) is 17.2 Å². The fourth-order valence-electron chi connectivity index (χ4n) is 7.96. The molecule has 0 atom stereocenters. The number of fused-ring (bicyclic) bond motifs is 3. The molecule has 0 radical (unpaired) electrons. The molecule has 322 valence electrons. The molecule has 0 aliphatic carbocycles. The highest BCUT2D eigenvalue weighted by molar-refractivity contribution is 9.11. The van der Waals surface area contributed by atoms with Gasteiger partial charge in [0.1, 0.15) is 28.7 Å². The SMILES string of the molecule is Brc1cccc(Br)c1.C.Oc1ccc2ccccc2c1-c1ccccc1.c1ccc(-c2c(Oc3cccc(Oc4ccc5ccccc5c4-c4ccccc4)c3)ccc3ccccc23)cc1. The number of halogens is 2.